The molecule has 8 heteroatoms. The fourth-order valence-electron chi connectivity index (χ4n) is 5.31. The molecule has 4 aromatic rings. The summed E-state index contributed by atoms with van der Waals surface area (Å²) in [5.74, 6) is -0.541. The summed E-state index contributed by atoms with van der Waals surface area (Å²) in [7, 11) is 1.35. The van der Waals surface area contributed by atoms with Crippen molar-refractivity contribution < 1.29 is 19.1 Å². The number of rotatable bonds is 4. The van der Waals surface area contributed by atoms with Gasteiger partial charge in [0.05, 0.1) is 25.3 Å². The van der Waals surface area contributed by atoms with E-state index in [1.165, 1.54) is 7.11 Å². The summed E-state index contributed by atoms with van der Waals surface area (Å²) in [6.07, 6.45) is 0.460. The van der Waals surface area contributed by atoms with E-state index in [-0.39, 0.29) is 18.4 Å². The third kappa shape index (κ3) is 3.52. The van der Waals surface area contributed by atoms with Gasteiger partial charge in [0.1, 0.15) is 12.6 Å². The molecule has 4 heterocycles. The summed E-state index contributed by atoms with van der Waals surface area (Å²) in [6, 6.07) is 18.0. The van der Waals surface area contributed by atoms with E-state index in [2.05, 4.69) is 11.1 Å². The van der Waals surface area contributed by atoms with Crippen LogP contribution in [0.2, 0.25) is 0 Å². The summed E-state index contributed by atoms with van der Waals surface area (Å²) in [5, 5.41) is 3.04. The first kappa shape index (κ1) is 21.6. The van der Waals surface area contributed by atoms with Crippen LogP contribution in [0.4, 0.5) is 0 Å². The molecule has 2 atom stereocenters. The van der Waals surface area contributed by atoms with E-state index in [4.69, 9.17) is 4.74 Å². The van der Waals surface area contributed by atoms with Crippen LogP contribution in [0.5, 0.6) is 0 Å². The predicted octanol–water partition coefficient (Wildman–Crippen LogP) is 3.90. The molecule has 176 valence electrons. The number of thiophene rings is 1. The minimum absolute atomic E-state index is 0.0369. The van der Waals surface area contributed by atoms with Crippen molar-refractivity contribution in [3.63, 3.8) is 0 Å². The van der Waals surface area contributed by atoms with Crippen molar-refractivity contribution in [2.75, 3.05) is 13.7 Å². The number of para-hydroxylation sites is 1. The molecule has 2 aromatic heterocycles. The van der Waals surface area contributed by atoms with Gasteiger partial charge in [-0.3, -0.25) is 9.59 Å². The first-order chi connectivity index (χ1) is 17.0. The number of nitrogens with one attached hydrogen (secondary N) is 1. The minimum Gasteiger partial charge on any atom is -0.465 e. The first-order valence-electron chi connectivity index (χ1n) is 11.4. The van der Waals surface area contributed by atoms with Crippen LogP contribution in [-0.4, -0.2) is 52.3 Å². The summed E-state index contributed by atoms with van der Waals surface area (Å²) in [5.41, 5.74) is 4.22. The van der Waals surface area contributed by atoms with Gasteiger partial charge in [0.25, 0.3) is 0 Å². The van der Waals surface area contributed by atoms with Gasteiger partial charge in [0.15, 0.2) is 0 Å². The van der Waals surface area contributed by atoms with Crippen molar-refractivity contribution in [1.29, 1.82) is 0 Å². The molecule has 1 fully saturated rings. The predicted molar refractivity (Wildman–Crippen MR) is 132 cm³/mol. The zero-order valence-corrected chi connectivity index (χ0v) is 19.9. The van der Waals surface area contributed by atoms with Crippen molar-refractivity contribution in [3.05, 3.63) is 93.3 Å². The summed E-state index contributed by atoms with van der Waals surface area (Å²) < 4.78 is 4.83. The minimum atomic E-state index is -0.590. The van der Waals surface area contributed by atoms with Gasteiger partial charge in [-0.1, -0.05) is 36.4 Å². The van der Waals surface area contributed by atoms with Gasteiger partial charge in [0, 0.05) is 27.9 Å². The molecule has 0 saturated carbocycles. The number of hydrogen-bond donors (Lipinski definition) is 1. The molecule has 1 unspecified atom stereocenters. The van der Waals surface area contributed by atoms with E-state index in [1.807, 2.05) is 47.8 Å². The number of methoxy groups -OCH3 is 1. The van der Waals surface area contributed by atoms with Crippen LogP contribution >= 0.6 is 11.3 Å². The molecule has 0 bridgehead atoms. The third-order valence-corrected chi connectivity index (χ3v) is 7.78. The maximum absolute atomic E-state index is 13.7. The Hall–Kier alpha value is -3.91. The number of esters is 1. The Bertz CT molecular complexity index is 1440. The lowest BCUT2D eigenvalue weighted by molar-refractivity contribution is -0.159. The molecule has 2 amide bonds. The lowest BCUT2D eigenvalue weighted by atomic mass is 9.86. The van der Waals surface area contributed by atoms with Gasteiger partial charge in [-0.15, -0.1) is 11.3 Å². The number of hydrogen-bond acceptors (Lipinski definition) is 5. The molecule has 0 spiro atoms. The lowest BCUT2D eigenvalue weighted by Crippen LogP contribution is -2.62. The molecule has 35 heavy (non-hydrogen) atoms. The Balaban J connectivity index is 1.45. The average Bonchev–Trinajstić information content (AvgIpc) is 3.53. The molecule has 0 aliphatic carbocycles. The van der Waals surface area contributed by atoms with Gasteiger partial charge < -0.3 is 19.5 Å². The molecular weight excluding hydrogens is 462 g/mol. The number of H-pyrrole nitrogens is 1. The Morgan fingerprint density at radius 1 is 1.09 bits per heavy atom. The standard InChI is InChI=1S/C27H23N3O4S/c1-34-27(33)17-10-8-16(9-11-17)25-24-20(19-6-2-3-7-21(19)28-24)13-22-26(32)29(15-23(31)30(22)25)14-18-5-4-12-35-18/h2-12,22,25,28H,13-15H2,1H3/t22-,25?/m0/s1. The maximum atomic E-state index is 13.7. The quantitative estimate of drug-likeness (QED) is 0.445. The topological polar surface area (TPSA) is 82.7 Å². The molecule has 1 saturated heterocycles. The second-order valence-electron chi connectivity index (χ2n) is 8.87. The number of carbonyl (C=O) groups excluding carboxylic acids is 3. The molecule has 7 nitrogen and oxygen atoms in total. The highest BCUT2D eigenvalue weighted by Crippen LogP contribution is 2.42. The Kier molecular flexibility index (Phi) is 5.18. The van der Waals surface area contributed by atoms with Crippen LogP contribution in [-0.2, 0) is 27.3 Å². The molecular formula is C27H23N3O4S. The normalized spacial score (nSPS) is 19.6. The van der Waals surface area contributed by atoms with Crippen molar-refractivity contribution in [2.45, 2.75) is 25.0 Å². The van der Waals surface area contributed by atoms with E-state index in [9.17, 15) is 14.4 Å². The molecule has 2 aromatic carbocycles. The molecule has 2 aliphatic heterocycles. The number of ether oxygens (including phenoxy) is 1. The Morgan fingerprint density at radius 3 is 2.63 bits per heavy atom. The van der Waals surface area contributed by atoms with E-state index < -0.39 is 18.1 Å². The average molecular weight is 486 g/mol. The fraction of sp³-hybridized carbons (Fsp3) is 0.222. The monoisotopic (exact) mass is 485 g/mol. The zero-order valence-electron chi connectivity index (χ0n) is 19.1. The van der Waals surface area contributed by atoms with Crippen LogP contribution < -0.4 is 0 Å². The zero-order chi connectivity index (χ0) is 24.1. The van der Waals surface area contributed by atoms with Gasteiger partial charge in [0.2, 0.25) is 11.8 Å². The largest absolute Gasteiger partial charge is 0.465 e. The van der Waals surface area contributed by atoms with E-state index in [0.29, 0.717) is 18.5 Å². The molecule has 0 radical (unpaired) electrons. The summed E-state index contributed by atoms with van der Waals surface area (Å²) in [6.45, 7) is 0.478. The van der Waals surface area contributed by atoms with Crippen LogP contribution in [0.15, 0.2) is 66.0 Å². The van der Waals surface area contributed by atoms with Crippen LogP contribution in [0, 0.1) is 0 Å². The number of amides is 2. The highest BCUT2D eigenvalue weighted by Gasteiger charge is 2.48. The maximum Gasteiger partial charge on any atom is 0.337 e. The number of aromatic amines is 1. The summed E-state index contributed by atoms with van der Waals surface area (Å²) >= 11 is 1.58. The lowest BCUT2D eigenvalue weighted by Gasteiger charge is -2.47. The van der Waals surface area contributed by atoms with Gasteiger partial charge in [-0.05, 0) is 40.8 Å². The van der Waals surface area contributed by atoms with Gasteiger partial charge in [-0.2, -0.15) is 0 Å². The van der Waals surface area contributed by atoms with Crippen molar-refractivity contribution in [3.8, 4) is 0 Å². The van der Waals surface area contributed by atoms with E-state index >= 15 is 0 Å². The third-order valence-electron chi connectivity index (χ3n) is 6.92. The van der Waals surface area contributed by atoms with Crippen LogP contribution in [0.1, 0.15) is 38.1 Å². The van der Waals surface area contributed by atoms with Crippen molar-refractivity contribution in [1.82, 2.24) is 14.8 Å². The number of fused-ring (bicyclic) bond motifs is 4. The molecule has 2 aliphatic rings. The fourth-order valence-corrected chi connectivity index (χ4v) is 6.03. The highest BCUT2D eigenvalue weighted by molar-refractivity contribution is 7.09. The number of aromatic nitrogens is 1. The first-order valence-corrected chi connectivity index (χ1v) is 12.3. The van der Waals surface area contributed by atoms with E-state index in [1.54, 1.807) is 33.3 Å². The van der Waals surface area contributed by atoms with Crippen molar-refractivity contribution in [2.24, 2.45) is 0 Å². The van der Waals surface area contributed by atoms with Crippen LogP contribution in [0.3, 0.4) is 0 Å². The summed E-state index contributed by atoms with van der Waals surface area (Å²) in [4.78, 5) is 47.3. The van der Waals surface area contributed by atoms with Crippen LogP contribution in [0.25, 0.3) is 10.9 Å². The Morgan fingerprint density at radius 2 is 1.89 bits per heavy atom. The SMILES string of the molecule is COC(=O)c1ccc(C2c3[nH]c4ccccc4c3C[C@H]3C(=O)N(Cc4cccs4)CC(=O)N23)cc1. The highest BCUT2D eigenvalue weighted by atomic mass is 32.1. The number of nitrogens with zero attached hydrogens (tertiary/aromatic N) is 2. The number of benzene rings is 2. The van der Waals surface area contributed by atoms with E-state index in [0.717, 1.165) is 32.6 Å². The smallest absolute Gasteiger partial charge is 0.337 e. The van der Waals surface area contributed by atoms with Gasteiger partial charge in [-0.25, -0.2) is 4.79 Å². The number of piperazine rings is 1. The molecule has 1 N–H and O–H groups in total. The Labute approximate surface area is 205 Å². The second-order valence-corrected chi connectivity index (χ2v) is 9.91. The number of carbonyl (C=O) groups is 3. The second kappa shape index (κ2) is 8.39. The molecule has 6 rings (SSSR count). The van der Waals surface area contributed by atoms with Crippen molar-refractivity contribution >= 4 is 40.0 Å². The van der Waals surface area contributed by atoms with Gasteiger partial charge >= 0.3 is 5.97 Å².